The minimum atomic E-state index is 0.794. The maximum absolute atomic E-state index is 5.50. The van der Waals surface area contributed by atoms with Crippen LogP contribution in [0.5, 0.6) is 0 Å². The van der Waals surface area contributed by atoms with Crippen LogP contribution in [-0.4, -0.2) is 14.6 Å². The smallest absolute Gasteiger partial charge is 0.212 e. The van der Waals surface area contributed by atoms with Gasteiger partial charge < -0.3 is 4.42 Å². The molecule has 0 aliphatic heterocycles. The fraction of sp³-hybridized carbons (Fsp3) is 0.200. The van der Waals surface area contributed by atoms with Gasteiger partial charge in [-0.2, -0.15) is 5.10 Å². The average molecular weight is 219 g/mol. The van der Waals surface area contributed by atoms with Crippen molar-refractivity contribution in [2.75, 3.05) is 0 Å². The van der Waals surface area contributed by atoms with E-state index in [1.807, 2.05) is 32.2 Å². The summed E-state index contributed by atoms with van der Waals surface area (Å²) in [6.45, 7) is 3.89. The summed E-state index contributed by atoms with van der Waals surface area (Å²) in [6, 6.07) is 3.86. The molecule has 0 amide bonds. The zero-order valence-electron chi connectivity index (χ0n) is 8.39. The van der Waals surface area contributed by atoms with E-state index >= 15 is 0 Å². The van der Waals surface area contributed by atoms with Crippen molar-refractivity contribution >= 4 is 16.3 Å². The predicted octanol–water partition coefficient (Wildman–Crippen LogP) is 2.67. The normalized spacial score (nSPS) is 11.3. The molecule has 15 heavy (non-hydrogen) atoms. The van der Waals surface area contributed by atoms with Crippen LogP contribution in [0.1, 0.15) is 10.8 Å². The van der Waals surface area contributed by atoms with Gasteiger partial charge in [-0.3, -0.25) is 0 Å². The van der Waals surface area contributed by atoms with Crippen LogP contribution in [-0.2, 0) is 0 Å². The standard InChI is InChI=1S/C10H9N3OS/c1-6-3-4-9(14-6)8-5-13-10(11-8)15-7(2)12-13/h3-5H,1-2H3. The number of furan rings is 1. The molecule has 0 radical (unpaired) electrons. The SMILES string of the molecule is Cc1ccc(-c2cn3nc(C)sc3n2)o1. The zero-order chi connectivity index (χ0) is 10.4. The lowest BCUT2D eigenvalue weighted by Crippen LogP contribution is -1.79. The van der Waals surface area contributed by atoms with E-state index in [0.717, 1.165) is 27.2 Å². The number of nitrogens with zero attached hydrogens (tertiary/aromatic N) is 3. The zero-order valence-corrected chi connectivity index (χ0v) is 9.21. The Hall–Kier alpha value is -1.62. The lowest BCUT2D eigenvalue weighted by Gasteiger charge is -1.87. The third-order valence-electron chi connectivity index (χ3n) is 2.14. The van der Waals surface area contributed by atoms with Gasteiger partial charge in [0.1, 0.15) is 16.5 Å². The number of rotatable bonds is 1. The van der Waals surface area contributed by atoms with Crippen molar-refractivity contribution < 1.29 is 4.42 Å². The van der Waals surface area contributed by atoms with Gasteiger partial charge in [-0.25, -0.2) is 9.50 Å². The average Bonchev–Trinajstić information content (AvgIpc) is 2.78. The van der Waals surface area contributed by atoms with Crippen molar-refractivity contribution in [3.63, 3.8) is 0 Å². The number of hydrogen-bond donors (Lipinski definition) is 0. The highest BCUT2D eigenvalue weighted by Gasteiger charge is 2.10. The molecule has 0 bridgehead atoms. The molecule has 0 aliphatic carbocycles. The van der Waals surface area contributed by atoms with Gasteiger partial charge in [0, 0.05) is 0 Å². The van der Waals surface area contributed by atoms with Crippen molar-refractivity contribution in [2.24, 2.45) is 0 Å². The number of aryl methyl sites for hydroxylation is 2. The fourth-order valence-corrected chi connectivity index (χ4v) is 2.21. The second-order valence-electron chi connectivity index (χ2n) is 3.38. The van der Waals surface area contributed by atoms with Crippen LogP contribution < -0.4 is 0 Å². The lowest BCUT2D eigenvalue weighted by molar-refractivity contribution is 0.547. The van der Waals surface area contributed by atoms with E-state index in [2.05, 4.69) is 10.1 Å². The van der Waals surface area contributed by atoms with E-state index in [0.29, 0.717) is 0 Å². The largest absolute Gasteiger partial charge is 0.460 e. The topological polar surface area (TPSA) is 43.3 Å². The Labute approximate surface area is 90.2 Å². The number of imidazole rings is 1. The molecular weight excluding hydrogens is 210 g/mol. The Morgan fingerprint density at radius 1 is 1.33 bits per heavy atom. The second-order valence-corrected chi connectivity index (χ2v) is 4.54. The van der Waals surface area contributed by atoms with E-state index in [-0.39, 0.29) is 0 Å². The van der Waals surface area contributed by atoms with Crippen LogP contribution >= 0.6 is 11.3 Å². The van der Waals surface area contributed by atoms with Gasteiger partial charge >= 0.3 is 0 Å². The van der Waals surface area contributed by atoms with Crippen LogP contribution in [0.3, 0.4) is 0 Å². The predicted molar refractivity (Wildman–Crippen MR) is 58.0 cm³/mol. The minimum absolute atomic E-state index is 0.794. The lowest BCUT2D eigenvalue weighted by atomic mass is 10.3. The van der Waals surface area contributed by atoms with E-state index in [9.17, 15) is 0 Å². The first-order valence-corrected chi connectivity index (χ1v) is 5.43. The first kappa shape index (κ1) is 8.67. The van der Waals surface area contributed by atoms with Crippen LogP contribution in [0.15, 0.2) is 22.7 Å². The molecule has 0 spiro atoms. The van der Waals surface area contributed by atoms with E-state index in [1.54, 1.807) is 15.9 Å². The van der Waals surface area contributed by atoms with E-state index < -0.39 is 0 Å². The van der Waals surface area contributed by atoms with Crippen LogP contribution in [0.4, 0.5) is 0 Å². The highest BCUT2D eigenvalue weighted by molar-refractivity contribution is 7.16. The van der Waals surface area contributed by atoms with Crippen LogP contribution in [0, 0.1) is 13.8 Å². The summed E-state index contributed by atoms with van der Waals surface area (Å²) in [6.07, 6.45) is 1.89. The Kier molecular flexibility index (Phi) is 1.70. The molecule has 0 aromatic carbocycles. The Morgan fingerprint density at radius 2 is 2.20 bits per heavy atom. The number of fused-ring (bicyclic) bond motifs is 1. The molecule has 0 unspecified atom stereocenters. The summed E-state index contributed by atoms with van der Waals surface area (Å²) in [5.41, 5.74) is 0.835. The van der Waals surface area contributed by atoms with Gasteiger partial charge in [0.15, 0.2) is 5.76 Å². The van der Waals surface area contributed by atoms with Crippen molar-refractivity contribution in [1.29, 1.82) is 0 Å². The van der Waals surface area contributed by atoms with Crippen molar-refractivity contribution in [3.8, 4) is 11.5 Å². The first-order valence-electron chi connectivity index (χ1n) is 4.62. The molecule has 4 nitrogen and oxygen atoms in total. The summed E-state index contributed by atoms with van der Waals surface area (Å²) in [7, 11) is 0. The van der Waals surface area contributed by atoms with Gasteiger partial charge in [0.05, 0.1) is 6.20 Å². The number of aromatic nitrogens is 3. The molecule has 0 saturated heterocycles. The molecule has 3 heterocycles. The molecular formula is C10H9N3OS. The van der Waals surface area contributed by atoms with E-state index in [4.69, 9.17) is 4.42 Å². The Bertz CT molecular complexity index is 588. The highest BCUT2D eigenvalue weighted by atomic mass is 32.1. The van der Waals surface area contributed by atoms with Crippen molar-refractivity contribution in [1.82, 2.24) is 14.6 Å². The molecule has 0 aliphatic rings. The summed E-state index contributed by atoms with van der Waals surface area (Å²) >= 11 is 1.57. The molecule has 0 fully saturated rings. The van der Waals surface area contributed by atoms with Crippen LogP contribution in [0.25, 0.3) is 16.4 Å². The van der Waals surface area contributed by atoms with Gasteiger partial charge in [0.25, 0.3) is 0 Å². The maximum atomic E-state index is 5.50. The third kappa shape index (κ3) is 1.35. The summed E-state index contributed by atoms with van der Waals surface area (Å²) in [5, 5.41) is 5.31. The van der Waals surface area contributed by atoms with Gasteiger partial charge in [0.2, 0.25) is 4.96 Å². The maximum Gasteiger partial charge on any atom is 0.212 e. The quantitative estimate of drug-likeness (QED) is 0.632. The summed E-state index contributed by atoms with van der Waals surface area (Å²) in [5.74, 6) is 1.69. The van der Waals surface area contributed by atoms with Crippen molar-refractivity contribution in [2.45, 2.75) is 13.8 Å². The van der Waals surface area contributed by atoms with Gasteiger partial charge in [-0.05, 0) is 26.0 Å². The van der Waals surface area contributed by atoms with Gasteiger partial charge in [-0.15, -0.1) is 0 Å². The molecule has 0 saturated carbocycles. The Morgan fingerprint density at radius 3 is 2.87 bits per heavy atom. The highest BCUT2D eigenvalue weighted by Crippen LogP contribution is 2.23. The van der Waals surface area contributed by atoms with Gasteiger partial charge in [-0.1, -0.05) is 11.3 Å². The summed E-state index contributed by atoms with van der Waals surface area (Å²) < 4.78 is 7.28. The third-order valence-corrected chi connectivity index (χ3v) is 2.97. The first-order chi connectivity index (χ1) is 7.22. The second kappa shape index (κ2) is 2.93. The molecule has 3 aromatic rings. The molecule has 3 rings (SSSR count). The summed E-state index contributed by atoms with van der Waals surface area (Å²) in [4.78, 5) is 5.34. The van der Waals surface area contributed by atoms with Crippen molar-refractivity contribution in [3.05, 3.63) is 29.1 Å². The monoisotopic (exact) mass is 219 g/mol. The van der Waals surface area contributed by atoms with Crippen LogP contribution in [0.2, 0.25) is 0 Å². The molecule has 0 N–H and O–H groups in total. The molecule has 5 heteroatoms. The Balaban J connectivity index is 2.15. The van der Waals surface area contributed by atoms with E-state index in [1.165, 1.54) is 0 Å². The molecule has 76 valence electrons. The minimum Gasteiger partial charge on any atom is -0.460 e. The number of hydrogen-bond acceptors (Lipinski definition) is 4. The molecule has 0 atom stereocenters. The molecule has 3 aromatic heterocycles. The fourth-order valence-electron chi connectivity index (χ4n) is 1.49.